The van der Waals surface area contributed by atoms with Crippen molar-refractivity contribution in [2.24, 2.45) is 4.99 Å². The fourth-order valence-electron chi connectivity index (χ4n) is 2.28. The number of nitrogens with one attached hydrogen (secondary N) is 1. The lowest BCUT2D eigenvalue weighted by Gasteiger charge is -2.23. The molecule has 0 spiro atoms. The van der Waals surface area contributed by atoms with Crippen molar-refractivity contribution >= 4 is 29.9 Å². The van der Waals surface area contributed by atoms with E-state index in [-0.39, 0.29) is 29.7 Å². The second-order valence-electron chi connectivity index (χ2n) is 5.91. The Labute approximate surface area is 177 Å². The van der Waals surface area contributed by atoms with E-state index in [0.717, 1.165) is 31.2 Å². The van der Waals surface area contributed by atoms with Crippen molar-refractivity contribution in [3.05, 3.63) is 29.8 Å². The molecular formula is C18H31F2IN4O2. The maximum Gasteiger partial charge on any atom is 0.387 e. The van der Waals surface area contributed by atoms with E-state index in [2.05, 4.69) is 19.9 Å². The minimum absolute atomic E-state index is 0. The number of rotatable bonds is 11. The molecule has 156 valence electrons. The molecule has 0 aliphatic heterocycles. The highest BCUT2D eigenvalue weighted by molar-refractivity contribution is 14.0. The molecular weight excluding hydrogens is 469 g/mol. The fraction of sp³-hybridized carbons (Fsp3) is 0.611. The first-order valence-corrected chi connectivity index (χ1v) is 8.67. The minimum atomic E-state index is -2.81. The summed E-state index contributed by atoms with van der Waals surface area (Å²) in [5.74, 6) is 0.964. The first-order chi connectivity index (χ1) is 12.5. The summed E-state index contributed by atoms with van der Waals surface area (Å²) in [5.41, 5.74) is 0.983. The van der Waals surface area contributed by atoms with E-state index in [1.165, 1.54) is 0 Å². The molecule has 1 aromatic carbocycles. The first-order valence-electron chi connectivity index (χ1n) is 8.67. The number of methoxy groups -OCH3 is 1. The standard InChI is InChI=1S/C18H30F2N4O2.HI/c1-5-21-18(22-10-11-23(2)12-13-25-4)24(3)14-15-6-8-16(9-7-15)26-17(19)20;/h6-9,17H,5,10-14H2,1-4H3,(H,21,22);1H. The monoisotopic (exact) mass is 500 g/mol. The van der Waals surface area contributed by atoms with Gasteiger partial charge in [-0.15, -0.1) is 24.0 Å². The molecule has 0 aliphatic carbocycles. The maximum atomic E-state index is 12.2. The molecule has 0 amide bonds. The average Bonchev–Trinajstić information content (AvgIpc) is 2.60. The Morgan fingerprint density at radius 1 is 1.19 bits per heavy atom. The van der Waals surface area contributed by atoms with E-state index in [1.54, 1.807) is 31.4 Å². The number of benzene rings is 1. The van der Waals surface area contributed by atoms with E-state index in [0.29, 0.717) is 19.7 Å². The van der Waals surface area contributed by atoms with Crippen LogP contribution in [0.15, 0.2) is 29.3 Å². The number of hydrogen-bond donors (Lipinski definition) is 1. The molecule has 0 heterocycles. The van der Waals surface area contributed by atoms with Crippen LogP contribution < -0.4 is 10.1 Å². The normalized spacial score (nSPS) is 11.5. The minimum Gasteiger partial charge on any atom is -0.435 e. The summed E-state index contributed by atoms with van der Waals surface area (Å²) in [6.45, 7) is 3.67. The Morgan fingerprint density at radius 2 is 1.85 bits per heavy atom. The summed E-state index contributed by atoms with van der Waals surface area (Å²) < 4.78 is 33.8. The second-order valence-corrected chi connectivity index (χ2v) is 5.91. The van der Waals surface area contributed by atoms with E-state index in [1.807, 2.05) is 25.9 Å². The predicted molar refractivity (Wildman–Crippen MR) is 115 cm³/mol. The Bertz CT molecular complexity index is 533. The molecule has 0 saturated heterocycles. The number of alkyl halides is 2. The van der Waals surface area contributed by atoms with Gasteiger partial charge in [0.25, 0.3) is 0 Å². The van der Waals surface area contributed by atoms with Crippen LogP contribution in [0.25, 0.3) is 0 Å². The molecule has 0 saturated carbocycles. The molecule has 0 unspecified atom stereocenters. The van der Waals surface area contributed by atoms with Gasteiger partial charge in [0.2, 0.25) is 0 Å². The average molecular weight is 500 g/mol. The lowest BCUT2D eigenvalue weighted by Crippen LogP contribution is -2.39. The van der Waals surface area contributed by atoms with Crippen LogP contribution in [-0.2, 0) is 11.3 Å². The summed E-state index contributed by atoms with van der Waals surface area (Å²) in [6, 6.07) is 6.64. The zero-order valence-corrected chi connectivity index (χ0v) is 18.8. The van der Waals surface area contributed by atoms with Crippen molar-refractivity contribution in [1.29, 1.82) is 0 Å². The first kappa shape index (κ1) is 25.8. The van der Waals surface area contributed by atoms with Crippen LogP contribution in [0.5, 0.6) is 5.75 Å². The van der Waals surface area contributed by atoms with Crippen molar-refractivity contribution in [2.45, 2.75) is 20.1 Å². The van der Waals surface area contributed by atoms with Gasteiger partial charge in [0.05, 0.1) is 13.2 Å². The smallest absolute Gasteiger partial charge is 0.387 e. The molecule has 0 fully saturated rings. The third-order valence-electron chi connectivity index (χ3n) is 3.69. The number of hydrogen-bond acceptors (Lipinski definition) is 4. The van der Waals surface area contributed by atoms with Crippen LogP contribution in [0.1, 0.15) is 12.5 Å². The lowest BCUT2D eigenvalue weighted by molar-refractivity contribution is -0.0498. The zero-order valence-electron chi connectivity index (χ0n) is 16.5. The van der Waals surface area contributed by atoms with Gasteiger partial charge in [-0.3, -0.25) is 4.99 Å². The van der Waals surface area contributed by atoms with Gasteiger partial charge in [0, 0.05) is 40.3 Å². The Morgan fingerprint density at radius 3 is 2.41 bits per heavy atom. The number of ether oxygens (including phenoxy) is 2. The molecule has 6 nitrogen and oxygen atoms in total. The number of halogens is 3. The highest BCUT2D eigenvalue weighted by atomic mass is 127. The summed E-state index contributed by atoms with van der Waals surface area (Å²) in [5, 5.41) is 3.27. The number of likely N-dealkylation sites (N-methyl/N-ethyl adjacent to an activating group) is 1. The van der Waals surface area contributed by atoms with Crippen molar-refractivity contribution in [2.75, 3.05) is 54.0 Å². The van der Waals surface area contributed by atoms with Gasteiger partial charge in [0.1, 0.15) is 5.75 Å². The van der Waals surface area contributed by atoms with Crippen LogP contribution in [0.4, 0.5) is 8.78 Å². The quantitative estimate of drug-likeness (QED) is 0.288. The molecule has 27 heavy (non-hydrogen) atoms. The lowest BCUT2D eigenvalue weighted by atomic mass is 10.2. The van der Waals surface area contributed by atoms with Gasteiger partial charge in [-0.25, -0.2) is 0 Å². The van der Waals surface area contributed by atoms with Gasteiger partial charge in [-0.1, -0.05) is 12.1 Å². The number of nitrogens with zero attached hydrogens (tertiary/aromatic N) is 3. The number of aliphatic imine (C=N–C) groups is 1. The van der Waals surface area contributed by atoms with Gasteiger partial charge in [0.15, 0.2) is 5.96 Å². The van der Waals surface area contributed by atoms with E-state index in [9.17, 15) is 8.78 Å². The molecule has 0 bridgehead atoms. The third-order valence-corrected chi connectivity index (χ3v) is 3.69. The van der Waals surface area contributed by atoms with Crippen molar-refractivity contribution in [3.8, 4) is 5.75 Å². The van der Waals surface area contributed by atoms with E-state index in [4.69, 9.17) is 4.74 Å². The highest BCUT2D eigenvalue weighted by Gasteiger charge is 2.08. The summed E-state index contributed by atoms with van der Waals surface area (Å²) in [4.78, 5) is 8.81. The van der Waals surface area contributed by atoms with Crippen molar-refractivity contribution in [3.63, 3.8) is 0 Å². The van der Waals surface area contributed by atoms with Gasteiger partial charge < -0.3 is 24.6 Å². The molecule has 1 N–H and O–H groups in total. The van der Waals surface area contributed by atoms with Crippen molar-refractivity contribution < 1.29 is 18.3 Å². The summed E-state index contributed by atoms with van der Waals surface area (Å²) in [6.07, 6.45) is 0. The van der Waals surface area contributed by atoms with Gasteiger partial charge in [-0.05, 0) is 31.7 Å². The van der Waals surface area contributed by atoms with E-state index < -0.39 is 6.61 Å². The van der Waals surface area contributed by atoms with Gasteiger partial charge in [-0.2, -0.15) is 8.78 Å². The van der Waals surface area contributed by atoms with Crippen LogP contribution in [0, 0.1) is 0 Å². The SMILES string of the molecule is CCNC(=NCCN(C)CCOC)N(C)Cc1ccc(OC(F)F)cc1.I. The Kier molecular flexibility index (Phi) is 14.2. The summed E-state index contributed by atoms with van der Waals surface area (Å²) >= 11 is 0. The second kappa shape index (κ2) is 14.8. The Hall–Kier alpha value is -1.20. The largest absolute Gasteiger partial charge is 0.435 e. The van der Waals surface area contributed by atoms with Gasteiger partial charge >= 0.3 is 6.61 Å². The molecule has 1 aromatic rings. The van der Waals surface area contributed by atoms with Crippen LogP contribution in [-0.4, -0.2) is 76.4 Å². The Balaban J connectivity index is 0.00000676. The van der Waals surface area contributed by atoms with Crippen molar-refractivity contribution in [1.82, 2.24) is 15.1 Å². The van der Waals surface area contributed by atoms with Crippen LogP contribution in [0.2, 0.25) is 0 Å². The molecule has 9 heteroatoms. The predicted octanol–water partition coefficient (Wildman–Crippen LogP) is 2.88. The molecule has 0 aromatic heterocycles. The zero-order chi connectivity index (χ0) is 19.4. The maximum absolute atomic E-state index is 12.2. The molecule has 0 atom stereocenters. The molecule has 0 aliphatic rings. The summed E-state index contributed by atoms with van der Waals surface area (Å²) in [7, 11) is 5.67. The van der Waals surface area contributed by atoms with E-state index >= 15 is 0 Å². The fourth-order valence-corrected chi connectivity index (χ4v) is 2.28. The van der Waals surface area contributed by atoms with Crippen LogP contribution in [0.3, 0.4) is 0 Å². The highest BCUT2D eigenvalue weighted by Crippen LogP contribution is 2.15. The topological polar surface area (TPSA) is 49.3 Å². The third kappa shape index (κ3) is 11.3. The molecule has 0 radical (unpaired) electrons. The van der Waals surface area contributed by atoms with Crippen LogP contribution >= 0.6 is 24.0 Å². The molecule has 1 rings (SSSR count). The number of guanidine groups is 1.